The van der Waals surface area contributed by atoms with Gasteiger partial charge in [-0.05, 0) is 30.9 Å². The van der Waals surface area contributed by atoms with Gasteiger partial charge in [0.25, 0.3) is 11.8 Å². The molecule has 0 saturated carbocycles. The molecule has 1 aromatic carbocycles. The summed E-state index contributed by atoms with van der Waals surface area (Å²) in [5, 5.41) is 0.942. The highest BCUT2D eigenvalue weighted by molar-refractivity contribution is 6.12. The second-order valence-corrected chi connectivity index (χ2v) is 11.4. The van der Waals surface area contributed by atoms with Crippen LogP contribution in [0.3, 0.4) is 0 Å². The lowest BCUT2D eigenvalue weighted by Crippen LogP contribution is -2.32. The van der Waals surface area contributed by atoms with Crippen molar-refractivity contribution < 1.29 is 28.7 Å². The summed E-state index contributed by atoms with van der Waals surface area (Å²) in [6.07, 6.45) is 13.5. The third-order valence-corrected chi connectivity index (χ3v) is 8.85. The standard InChI is InChI=1S/C32H39N3O6/c1-41-32(40)35-26-15-11-10-14-22(26)23-20-24-25(21-27(23)35)31(39)34(30(24)38)19-13-9-7-5-3-2-4-6-8-12-18-33-28(36)16-17-29(33)37/h10-11,14-17,24-25H,2-9,12-13,18-21H2,1H3. The number of aromatic nitrogens is 1. The van der Waals surface area contributed by atoms with Crippen molar-refractivity contribution in [1.29, 1.82) is 0 Å². The Bertz CT molecular complexity index is 1360. The number of carbonyl (C=O) groups excluding carboxylic acids is 5. The molecule has 2 unspecified atom stereocenters. The molecule has 4 amide bonds. The van der Waals surface area contributed by atoms with Crippen LogP contribution in [0.5, 0.6) is 0 Å². The number of ether oxygens (including phenoxy) is 1. The normalized spacial score (nSPS) is 19.9. The van der Waals surface area contributed by atoms with Gasteiger partial charge in [-0.25, -0.2) is 9.36 Å². The molecule has 1 fully saturated rings. The van der Waals surface area contributed by atoms with Gasteiger partial charge in [0.15, 0.2) is 0 Å². The van der Waals surface area contributed by atoms with E-state index in [0.717, 1.165) is 79.9 Å². The van der Waals surface area contributed by atoms with Crippen LogP contribution < -0.4 is 0 Å². The topological polar surface area (TPSA) is 106 Å². The van der Waals surface area contributed by atoms with Crippen molar-refractivity contribution in [2.45, 2.75) is 77.0 Å². The SMILES string of the molecule is COC(=O)n1c2c(c3ccccc31)CC1C(=O)N(CCCCCCCCCCCCN3C(=O)C=CC3=O)C(=O)C1C2. The van der Waals surface area contributed by atoms with Crippen molar-refractivity contribution in [1.82, 2.24) is 14.4 Å². The number of para-hydroxylation sites is 1. The summed E-state index contributed by atoms with van der Waals surface area (Å²) in [4.78, 5) is 65.0. The number of unbranched alkanes of at least 4 members (excludes halogenated alkanes) is 9. The Morgan fingerprint density at radius 3 is 1.83 bits per heavy atom. The number of hydrogen-bond donors (Lipinski definition) is 0. The van der Waals surface area contributed by atoms with Gasteiger partial charge in [-0.2, -0.15) is 0 Å². The van der Waals surface area contributed by atoms with Gasteiger partial charge in [-0.15, -0.1) is 0 Å². The fraction of sp³-hybridized carbons (Fsp3) is 0.531. The van der Waals surface area contributed by atoms with E-state index >= 15 is 0 Å². The van der Waals surface area contributed by atoms with E-state index in [1.165, 1.54) is 35.5 Å². The van der Waals surface area contributed by atoms with E-state index in [4.69, 9.17) is 4.74 Å². The van der Waals surface area contributed by atoms with E-state index in [9.17, 15) is 24.0 Å². The minimum absolute atomic E-state index is 0.0738. The molecule has 1 aromatic heterocycles. The Morgan fingerprint density at radius 1 is 0.732 bits per heavy atom. The summed E-state index contributed by atoms with van der Waals surface area (Å²) in [6.45, 7) is 0.969. The molecule has 0 bridgehead atoms. The number of likely N-dealkylation sites (tertiary alicyclic amines) is 1. The average Bonchev–Trinajstić information content (AvgIpc) is 3.56. The number of benzene rings is 1. The summed E-state index contributed by atoms with van der Waals surface area (Å²) in [5.41, 5.74) is 2.52. The molecule has 9 heteroatoms. The highest BCUT2D eigenvalue weighted by atomic mass is 16.5. The largest absolute Gasteiger partial charge is 0.452 e. The van der Waals surface area contributed by atoms with E-state index < -0.39 is 12.0 Å². The van der Waals surface area contributed by atoms with Crippen molar-refractivity contribution in [3.8, 4) is 0 Å². The Morgan fingerprint density at radius 2 is 1.24 bits per heavy atom. The quantitative estimate of drug-likeness (QED) is 0.257. The monoisotopic (exact) mass is 561 g/mol. The molecule has 2 aromatic rings. The number of methoxy groups -OCH3 is 1. The van der Waals surface area contributed by atoms with Gasteiger partial charge >= 0.3 is 6.09 Å². The van der Waals surface area contributed by atoms with Crippen LogP contribution >= 0.6 is 0 Å². The number of carbonyl (C=O) groups is 5. The second kappa shape index (κ2) is 12.8. The van der Waals surface area contributed by atoms with Crippen LogP contribution in [0.2, 0.25) is 0 Å². The summed E-state index contributed by atoms with van der Waals surface area (Å²) in [5.74, 6) is -1.37. The van der Waals surface area contributed by atoms with Crippen LogP contribution in [0.15, 0.2) is 36.4 Å². The maximum atomic E-state index is 13.3. The number of hydrogen-bond acceptors (Lipinski definition) is 6. The third kappa shape index (κ3) is 5.85. The zero-order valence-electron chi connectivity index (χ0n) is 23.8. The van der Waals surface area contributed by atoms with Gasteiger partial charge in [-0.3, -0.25) is 29.0 Å². The Labute approximate surface area is 240 Å². The lowest BCUT2D eigenvalue weighted by atomic mass is 9.79. The van der Waals surface area contributed by atoms with Gasteiger partial charge in [0.1, 0.15) is 0 Å². The van der Waals surface area contributed by atoms with Gasteiger partial charge in [-0.1, -0.05) is 69.6 Å². The van der Waals surface area contributed by atoms with Crippen molar-refractivity contribution in [2.24, 2.45) is 11.8 Å². The molecular weight excluding hydrogens is 522 g/mol. The lowest BCUT2D eigenvalue weighted by Gasteiger charge is -2.23. The third-order valence-electron chi connectivity index (χ3n) is 8.85. The molecule has 1 saturated heterocycles. The average molecular weight is 562 g/mol. The van der Waals surface area contributed by atoms with Crippen LogP contribution in [0, 0.1) is 11.8 Å². The maximum absolute atomic E-state index is 13.3. The van der Waals surface area contributed by atoms with Gasteiger partial charge in [0.05, 0.1) is 24.5 Å². The summed E-state index contributed by atoms with van der Waals surface area (Å²) >= 11 is 0. The van der Waals surface area contributed by atoms with E-state index in [2.05, 4.69) is 0 Å². The van der Waals surface area contributed by atoms with Crippen molar-refractivity contribution >= 4 is 40.6 Å². The molecule has 3 aliphatic rings. The van der Waals surface area contributed by atoms with Crippen LogP contribution in [0.1, 0.15) is 75.5 Å². The molecule has 3 heterocycles. The van der Waals surface area contributed by atoms with Gasteiger partial charge < -0.3 is 4.74 Å². The number of imide groups is 2. The van der Waals surface area contributed by atoms with E-state index in [0.29, 0.717) is 25.9 Å². The van der Waals surface area contributed by atoms with Crippen LogP contribution in [-0.2, 0) is 36.8 Å². The fourth-order valence-electron chi connectivity index (χ4n) is 6.67. The Kier molecular flexibility index (Phi) is 9.00. The van der Waals surface area contributed by atoms with Crippen LogP contribution in [-0.4, -0.2) is 64.3 Å². The first-order valence-electron chi connectivity index (χ1n) is 15.0. The first kappa shape index (κ1) is 28.8. The molecule has 41 heavy (non-hydrogen) atoms. The summed E-state index contributed by atoms with van der Waals surface area (Å²) in [7, 11) is 1.35. The molecule has 0 spiro atoms. The van der Waals surface area contributed by atoms with Crippen LogP contribution in [0.25, 0.3) is 10.9 Å². The minimum Gasteiger partial charge on any atom is -0.452 e. The molecule has 0 N–H and O–H groups in total. The highest BCUT2D eigenvalue weighted by Gasteiger charge is 2.50. The van der Waals surface area contributed by atoms with Gasteiger partial charge in [0, 0.05) is 42.7 Å². The Hall–Kier alpha value is -3.75. The molecule has 2 atom stereocenters. The molecule has 0 radical (unpaired) electrons. The molecule has 1 aliphatic carbocycles. The van der Waals surface area contributed by atoms with E-state index in [-0.39, 0.29) is 29.5 Å². The lowest BCUT2D eigenvalue weighted by molar-refractivity contribution is -0.140. The van der Waals surface area contributed by atoms with Crippen LogP contribution in [0.4, 0.5) is 4.79 Å². The zero-order valence-corrected chi connectivity index (χ0v) is 23.8. The van der Waals surface area contributed by atoms with Crippen molar-refractivity contribution in [2.75, 3.05) is 20.2 Å². The smallest absolute Gasteiger partial charge is 0.418 e. The number of fused-ring (bicyclic) bond motifs is 4. The first-order valence-corrected chi connectivity index (χ1v) is 15.0. The second-order valence-electron chi connectivity index (χ2n) is 11.4. The predicted molar refractivity (Wildman–Crippen MR) is 153 cm³/mol. The van der Waals surface area contributed by atoms with E-state index in [1.54, 1.807) is 4.57 Å². The molecule has 5 rings (SSSR count). The summed E-state index contributed by atoms with van der Waals surface area (Å²) < 4.78 is 6.60. The molecule has 2 aliphatic heterocycles. The van der Waals surface area contributed by atoms with Crippen molar-refractivity contribution in [3.63, 3.8) is 0 Å². The number of nitrogens with zero attached hydrogens (tertiary/aromatic N) is 3. The summed E-state index contributed by atoms with van der Waals surface area (Å²) in [6, 6.07) is 7.64. The zero-order chi connectivity index (χ0) is 28.9. The Balaban J connectivity index is 1.00. The molecule has 9 nitrogen and oxygen atoms in total. The van der Waals surface area contributed by atoms with E-state index in [1.807, 2.05) is 24.3 Å². The predicted octanol–water partition coefficient (Wildman–Crippen LogP) is 4.78. The minimum atomic E-state index is -0.472. The maximum Gasteiger partial charge on any atom is 0.418 e. The van der Waals surface area contributed by atoms with Gasteiger partial charge in [0.2, 0.25) is 11.8 Å². The highest BCUT2D eigenvalue weighted by Crippen LogP contribution is 2.41. The molecular formula is C32H39N3O6. The number of rotatable bonds is 13. The van der Waals surface area contributed by atoms with Crippen molar-refractivity contribution in [3.05, 3.63) is 47.7 Å². The molecule has 218 valence electrons. The fourth-order valence-corrected chi connectivity index (χ4v) is 6.67. The first-order chi connectivity index (χ1) is 19.9. The number of amides is 4.